The van der Waals surface area contributed by atoms with Crippen LogP contribution in [0, 0.1) is 5.41 Å². The van der Waals surface area contributed by atoms with Crippen molar-refractivity contribution in [2.24, 2.45) is 10.6 Å². The summed E-state index contributed by atoms with van der Waals surface area (Å²) in [5.74, 6) is 1.56. The minimum atomic E-state index is -1.58. The first-order valence-corrected chi connectivity index (χ1v) is 13.1. The first-order valence-electron chi connectivity index (χ1n) is 9.67. The van der Waals surface area contributed by atoms with Gasteiger partial charge in [0.1, 0.15) is 12.9 Å². The van der Waals surface area contributed by atoms with Crippen molar-refractivity contribution >= 4 is 24.8 Å². The van der Waals surface area contributed by atoms with Crippen molar-refractivity contribution in [3.63, 3.8) is 0 Å². The molecule has 0 aliphatic heterocycles. The molecule has 0 radical (unpaired) electrons. The Hall–Kier alpha value is -1.81. The van der Waals surface area contributed by atoms with Gasteiger partial charge in [0.15, 0.2) is 0 Å². The second-order valence-electron chi connectivity index (χ2n) is 8.96. The van der Waals surface area contributed by atoms with Gasteiger partial charge in [0.05, 0.1) is 5.71 Å². The molecule has 2 atom stereocenters. The summed E-state index contributed by atoms with van der Waals surface area (Å²) in [7, 11) is 0.0786. The smallest absolute Gasteiger partial charge is 0.242 e. The summed E-state index contributed by atoms with van der Waals surface area (Å²) in [5, 5.41) is 7.06. The Morgan fingerprint density at radius 2 is 1.92 bits per heavy atom. The molecular formula is C22H29NO2Si. The van der Waals surface area contributed by atoms with Crippen LogP contribution >= 0.6 is 0 Å². The molecule has 0 amide bonds. The predicted molar refractivity (Wildman–Crippen MR) is 111 cm³/mol. The van der Waals surface area contributed by atoms with Gasteiger partial charge >= 0.3 is 0 Å². The molecule has 1 saturated carbocycles. The number of aryl methyl sites for hydroxylation is 1. The molecule has 1 fully saturated rings. The summed E-state index contributed by atoms with van der Waals surface area (Å²) in [6.45, 7) is 9.05. The molecule has 4 heteroatoms. The minimum absolute atomic E-state index is 0.150. The van der Waals surface area contributed by atoms with Crippen LogP contribution in [0.25, 0.3) is 10.8 Å². The Labute approximate surface area is 157 Å². The molecule has 138 valence electrons. The van der Waals surface area contributed by atoms with Crippen molar-refractivity contribution < 1.29 is 9.26 Å². The zero-order chi connectivity index (χ0) is 18.5. The van der Waals surface area contributed by atoms with Gasteiger partial charge in [-0.2, -0.15) is 0 Å². The van der Waals surface area contributed by atoms with E-state index in [1.54, 1.807) is 7.11 Å². The van der Waals surface area contributed by atoms with Crippen molar-refractivity contribution in [1.29, 1.82) is 0 Å². The second kappa shape index (κ2) is 6.12. The topological polar surface area (TPSA) is 30.8 Å². The minimum Gasteiger partial charge on any atom is -0.544 e. The standard InChI is InChI=1S/C22H29NO2Si/c1-22-13-12-18-17-9-7-16(25-26(3,4)5)14-15(17)6-8-19(18)20(22)10-11-21(22)23-24-2/h6-9,14,20H,10-13H2,1-5H3/b23-21+. The van der Waals surface area contributed by atoms with Crippen LogP contribution in [0.15, 0.2) is 35.5 Å². The highest BCUT2D eigenvalue weighted by atomic mass is 28.4. The van der Waals surface area contributed by atoms with E-state index in [-0.39, 0.29) is 5.41 Å². The lowest BCUT2D eigenvalue weighted by Gasteiger charge is -2.38. The molecule has 2 aliphatic rings. The molecule has 0 spiro atoms. The maximum absolute atomic E-state index is 6.19. The van der Waals surface area contributed by atoms with Crippen molar-refractivity contribution in [3.8, 4) is 5.75 Å². The van der Waals surface area contributed by atoms with E-state index in [4.69, 9.17) is 9.26 Å². The Balaban J connectivity index is 1.76. The Morgan fingerprint density at radius 3 is 2.65 bits per heavy atom. The van der Waals surface area contributed by atoms with Gasteiger partial charge < -0.3 is 9.26 Å². The largest absolute Gasteiger partial charge is 0.544 e. The summed E-state index contributed by atoms with van der Waals surface area (Å²) >= 11 is 0. The van der Waals surface area contributed by atoms with Crippen LogP contribution in [0.1, 0.15) is 43.2 Å². The number of rotatable bonds is 3. The third-order valence-corrected chi connectivity index (χ3v) is 6.98. The Morgan fingerprint density at radius 1 is 1.12 bits per heavy atom. The lowest BCUT2D eigenvalue weighted by atomic mass is 9.65. The van der Waals surface area contributed by atoms with Crippen LogP contribution in [0.5, 0.6) is 5.75 Å². The molecule has 26 heavy (non-hydrogen) atoms. The maximum Gasteiger partial charge on any atom is 0.242 e. The molecule has 0 aromatic heterocycles. The van der Waals surface area contributed by atoms with Gasteiger partial charge in [-0.25, -0.2) is 0 Å². The van der Waals surface area contributed by atoms with Crippen LogP contribution in [-0.4, -0.2) is 21.1 Å². The third-order valence-electron chi connectivity index (χ3n) is 6.13. The van der Waals surface area contributed by atoms with E-state index >= 15 is 0 Å². The van der Waals surface area contributed by atoms with E-state index < -0.39 is 8.32 Å². The number of hydrogen-bond acceptors (Lipinski definition) is 3. The molecule has 0 saturated heterocycles. The van der Waals surface area contributed by atoms with Crippen molar-refractivity contribution in [1.82, 2.24) is 0 Å². The molecule has 4 rings (SSSR count). The molecule has 0 bridgehead atoms. The number of nitrogens with zero attached hydrogens (tertiary/aromatic N) is 1. The Bertz CT molecular complexity index is 884. The van der Waals surface area contributed by atoms with Gasteiger partial charge in [-0.15, -0.1) is 0 Å². The monoisotopic (exact) mass is 367 g/mol. The average Bonchev–Trinajstić information content (AvgIpc) is 2.90. The highest BCUT2D eigenvalue weighted by molar-refractivity contribution is 6.70. The van der Waals surface area contributed by atoms with Crippen molar-refractivity contribution in [2.45, 2.75) is 58.2 Å². The van der Waals surface area contributed by atoms with Crippen LogP contribution < -0.4 is 4.43 Å². The first-order chi connectivity index (χ1) is 12.3. The van der Waals surface area contributed by atoms with Crippen molar-refractivity contribution in [2.75, 3.05) is 7.11 Å². The van der Waals surface area contributed by atoms with E-state index in [2.05, 4.69) is 62.1 Å². The zero-order valence-corrected chi connectivity index (χ0v) is 17.6. The summed E-state index contributed by atoms with van der Waals surface area (Å²) < 4.78 is 6.19. The highest BCUT2D eigenvalue weighted by Crippen LogP contribution is 2.55. The number of benzene rings is 2. The van der Waals surface area contributed by atoms with Crippen LogP contribution in [-0.2, 0) is 11.3 Å². The fourth-order valence-electron chi connectivity index (χ4n) is 4.96. The van der Waals surface area contributed by atoms with E-state index in [1.165, 1.54) is 34.0 Å². The van der Waals surface area contributed by atoms with E-state index in [9.17, 15) is 0 Å². The maximum atomic E-state index is 6.19. The quantitative estimate of drug-likeness (QED) is 0.500. The third kappa shape index (κ3) is 2.84. The summed E-state index contributed by atoms with van der Waals surface area (Å²) in [6.07, 6.45) is 4.49. The number of oxime groups is 1. The SMILES string of the molecule is CO/N=C1\CCC2c3ccc4cc(O[Si](C)(C)C)ccc4c3CCC12C. The predicted octanol–water partition coefficient (Wildman–Crippen LogP) is 5.89. The highest BCUT2D eigenvalue weighted by Gasteiger charge is 2.48. The fraction of sp³-hybridized carbons (Fsp3) is 0.500. The van der Waals surface area contributed by atoms with Gasteiger partial charge in [0.2, 0.25) is 8.32 Å². The van der Waals surface area contributed by atoms with Gasteiger partial charge in [0, 0.05) is 5.41 Å². The molecule has 2 aliphatic carbocycles. The lowest BCUT2D eigenvalue weighted by molar-refractivity contribution is 0.205. The average molecular weight is 368 g/mol. The van der Waals surface area contributed by atoms with Crippen molar-refractivity contribution in [3.05, 3.63) is 41.5 Å². The van der Waals surface area contributed by atoms with Gasteiger partial charge in [-0.1, -0.05) is 30.3 Å². The second-order valence-corrected chi connectivity index (χ2v) is 13.4. The molecule has 3 nitrogen and oxygen atoms in total. The normalized spacial score (nSPS) is 26.7. The van der Waals surface area contributed by atoms with E-state index in [0.29, 0.717) is 5.92 Å². The zero-order valence-electron chi connectivity index (χ0n) is 16.6. The number of fused-ring (bicyclic) bond motifs is 5. The molecule has 0 N–H and O–H groups in total. The summed E-state index contributed by atoms with van der Waals surface area (Å²) in [5.41, 5.74) is 4.45. The van der Waals surface area contributed by atoms with Crippen LogP contribution in [0.4, 0.5) is 0 Å². The van der Waals surface area contributed by atoms with E-state index in [1.807, 2.05) is 0 Å². The molecule has 2 aromatic rings. The first kappa shape index (κ1) is 17.6. The summed E-state index contributed by atoms with van der Waals surface area (Å²) in [6, 6.07) is 11.3. The van der Waals surface area contributed by atoms with Gasteiger partial charge in [-0.05, 0) is 85.3 Å². The number of hydrogen-bond donors (Lipinski definition) is 0. The summed E-state index contributed by atoms with van der Waals surface area (Å²) in [4.78, 5) is 5.13. The van der Waals surface area contributed by atoms with Crippen LogP contribution in [0.3, 0.4) is 0 Å². The van der Waals surface area contributed by atoms with E-state index in [0.717, 1.165) is 25.0 Å². The molecule has 2 unspecified atom stereocenters. The van der Waals surface area contributed by atoms with Crippen LogP contribution in [0.2, 0.25) is 19.6 Å². The lowest BCUT2D eigenvalue weighted by Crippen LogP contribution is -2.32. The fourth-order valence-corrected chi connectivity index (χ4v) is 5.79. The molecule has 2 aromatic carbocycles. The van der Waals surface area contributed by atoms with Gasteiger partial charge in [0.25, 0.3) is 0 Å². The van der Waals surface area contributed by atoms with Gasteiger partial charge in [-0.3, -0.25) is 0 Å². The molecular weight excluding hydrogens is 338 g/mol. The Kier molecular flexibility index (Phi) is 4.14. The molecule has 0 heterocycles.